The average molecular weight is 356 g/mol. The van der Waals surface area contributed by atoms with Crippen LogP contribution in [0.4, 0.5) is 0 Å². The fourth-order valence-corrected chi connectivity index (χ4v) is 4.27. The molecule has 0 aliphatic heterocycles. The Kier molecular flexibility index (Phi) is 2.46. The topological polar surface area (TPSA) is 171 Å². The zero-order chi connectivity index (χ0) is 8.65. The van der Waals surface area contributed by atoms with E-state index >= 15 is 0 Å². The van der Waals surface area contributed by atoms with Gasteiger partial charge in [0.15, 0.2) is 0 Å². The Bertz CT molecular complexity index is 166. The van der Waals surface area contributed by atoms with E-state index in [-0.39, 0.29) is 0 Å². The summed E-state index contributed by atoms with van der Waals surface area (Å²) in [6.45, 7) is 0. The van der Waals surface area contributed by atoms with Gasteiger partial charge in [0.2, 0.25) is 0 Å². The molecule has 0 amide bonds. The zero-order valence-corrected chi connectivity index (χ0v) is 7.95. The predicted octanol–water partition coefficient (Wildman–Crippen LogP) is -2.80. The second-order valence-electron chi connectivity index (χ2n) is 1.48. The molecule has 0 saturated carbocycles. The van der Waals surface area contributed by atoms with E-state index in [1.165, 1.54) is 0 Å². The van der Waals surface area contributed by atoms with Crippen LogP contribution in [-0.2, 0) is 23.9 Å². The Morgan fingerprint density at radius 3 is 1.50 bits per heavy atom. The first-order valence-electron chi connectivity index (χ1n) is 1.62. The second kappa shape index (κ2) is 2.31. The van der Waals surface area contributed by atoms with E-state index < -0.39 is 24.0 Å². The number of hydrogen-bond donors (Lipinski definition) is 6. The predicted molar refractivity (Wildman–Crippen MR) is 29.9 cm³/mol. The molecule has 10 heavy (non-hydrogen) atoms. The molecule has 0 aromatic carbocycles. The van der Waals surface area contributed by atoms with Crippen LogP contribution < -0.4 is 17.2 Å². The summed E-state index contributed by atoms with van der Waals surface area (Å²) in [5.41, 5.74) is 0. The summed E-state index contributed by atoms with van der Waals surface area (Å²) < 4.78 is 33.3. The van der Waals surface area contributed by atoms with E-state index in [4.69, 9.17) is 27.0 Å². The Morgan fingerprint density at radius 2 is 1.50 bits per heavy atom. The molecule has 0 saturated heterocycles. The monoisotopic (exact) mass is 356 g/mol. The number of phosphoric acid groups is 1. The molecule has 0 aliphatic rings. The molecule has 10 heteroatoms. The standard InChI is InChI=1S/4H2N.H3O4P.Pt/c;;;;1-5(2,3)4;/h4*1H2;(H3,1,2,3,4);/q4*-1;;+5/p-1. The molecule has 10 N–H and O–H groups in total. The summed E-state index contributed by atoms with van der Waals surface area (Å²) in [7, 11) is -4.77. The van der Waals surface area contributed by atoms with Gasteiger partial charge in [0.05, 0.1) is 0 Å². The van der Waals surface area contributed by atoms with E-state index in [1.807, 2.05) is 0 Å². The molecular weight excluding hydrogens is 346 g/mol. The van der Waals surface area contributed by atoms with Gasteiger partial charge in [-0.15, -0.1) is 0 Å². The fraction of sp³-hybridized carbons (Fsp3) is 0. The van der Waals surface area contributed by atoms with E-state index in [1.54, 1.807) is 0 Å². The third-order valence-corrected chi connectivity index (χ3v) is 5.12. The molecule has 0 bridgehead atoms. The van der Waals surface area contributed by atoms with Gasteiger partial charge in [0, 0.05) is 0 Å². The quantitative estimate of drug-likeness (QED) is 0.288. The molecule has 0 heterocycles. The molecule has 0 aromatic heterocycles. The molecule has 69 valence electrons. The van der Waals surface area contributed by atoms with Crippen molar-refractivity contribution in [2.75, 3.05) is 0 Å². The average Bonchev–Trinajstić information content (AvgIpc) is 1.09. The first kappa shape index (κ1) is 10.6. The van der Waals surface area contributed by atoms with Crippen LogP contribution in [0.25, 0.3) is 0 Å². The summed E-state index contributed by atoms with van der Waals surface area (Å²) in [6, 6.07) is 0. The summed E-state index contributed by atoms with van der Waals surface area (Å²) in [5.74, 6) is 0. The molecule has 0 rings (SSSR count). The van der Waals surface area contributed by atoms with Crippen LogP contribution in [0.5, 0.6) is 0 Å². The van der Waals surface area contributed by atoms with Gasteiger partial charge < -0.3 is 0 Å². The van der Waals surface area contributed by atoms with Crippen LogP contribution in [0.2, 0.25) is 0 Å². The van der Waals surface area contributed by atoms with Crippen LogP contribution in [0.15, 0.2) is 0 Å². The van der Waals surface area contributed by atoms with Gasteiger partial charge in [0.25, 0.3) is 0 Å². The van der Waals surface area contributed by atoms with E-state index in [0.29, 0.717) is 0 Å². The van der Waals surface area contributed by atoms with Gasteiger partial charge >= 0.3 is 58.7 Å². The van der Waals surface area contributed by atoms with Crippen molar-refractivity contribution < 1.29 is 33.7 Å². The number of rotatable bonds is 2. The number of hydrogen-bond acceptors (Lipinski definition) is 6. The van der Waals surface area contributed by atoms with E-state index in [2.05, 4.69) is 3.18 Å². The van der Waals surface area contributed by atoms with Gasteiger partial charge in [-0.3, -0.25) is 0 Å². The summed E-state index contributed by atoms with van der Waals surface area (Å²) in [5, 5.41) is 0. The molecule has 0 unspecified atom stereocenters. The third kappa shape index (κ3) is 8.64. The zero-order valence-electron chi connectivity index (χ0n) is 4.78. The van der Waals surface area contributed by atoms with Crippen molar-refractivity contribution in [3.05, 3.63) is 0 Å². The van der Waals surface area contributed by atoms with E-state index in [0.717, 1.165) is 0 Å². The Hall–Kier alpha value is 0.638. The first-order valence-corrected chi connectivity index (χ1v) is 9.33. The van der Waals surface area contributed by atoms with Crippen LogP contribution in [0.3, 0.4) is 0 Å². The van der Waals surface area contributed by atoms with Crippen LogP contribution >= 0.6 is 7.82 Å². The molecule has 0 aliphatic carbocycles. The van der Waals surface area contributed by atoms with Crippen molar-refractivity contribution >= 4 is 7.82 Å². The second-order valence-corrected chi connectivity index (χ2v) is 10.5. The first-order chi connectivity index (χ1) is 3.96. The van der Waals surface area contributed by atoms with Crippen molar-refractivity contribution in [3.8, 4) is 0 Å². The summed E-state index contributed by atoms with van der Waals surface area (Å²) >= 11 is -5.08. The summed E-state index contributed by atoms with van der Waals surface area (Å²) in [4.78, 5) is 16.3. The normalized spacial score (nSPS) is 18.0. The van der Waals surface area contributed by atoms with Crippen molar-refractivity contribution in [1.29, 1.82) is 0 Å². The van der Waals surface area contributed by atoms with Crippen LogP contribution in [0.1, 0.15) is 0 Å². The molecule has 0 aromatic rings. The number of nitrogens with two attached hydrogens (primary N) is 4. The Morgan fingerprint density at radius 1 is 1.20 bits per heavy atom. The van der Waals surface area contributed by atoms with E-state index in [9.17, 15) is 4.57 Å². The van der Waals surface area contributed by atoms with Gasteiger partial charge in [0.1, 0.15) is 0 Å². The van der Waals surface area contributed by atoms with Gasteiger partial charge in [-0.05, 0) is 0 Å². The van der Waals surface area contributed by atoms with Gasteiger partial charge in [-0.1, -0.05) is 0 Å². The van der Waals surface area contributed by atoms with Crippen molar-refractivity contribution in [1.82, 2.24) is 0 Å². The van der Waals surface area contributed by atoms with Crippen molar-refractivity contribution in [3.63, 3.8) is 0 Å². The fourth-order valence-electron chi connectivity index (χ4n) is 0.174. The van der Waals surface area contributed by atoms with Crippen molar-refractivity contribution in [2.45, 2.75) is 0 Å². The SMILES string of the molecule is [NH2][Pt]([NH2])([NH2])([NH2])[O]P(=O)(O)O. The third-order valence-electron chi connectivity index (χ3n) is 0.209. The molecule has 0 spiro atoms. The van der Waals surface area contributed by atoms with Crippen LogP contribution in [0, 0.1) is 0 Å². The molecule has 0 atom stereocenters. The van der Waals surface area contributed by atoms with Gasteiger partial charge in [-0.25, -0.2) is 0 Å². The molecule has 0 radical (unpaired) electrons. The maximum absolute atomic E-state index is 10.1. The maximum atomic E-state index is 10.1. The van der Waals surface area contributed by atoms with Crippen LogP contribution in [-0.4, -0.2) is 9.79 Å². The van der Waals surface area contributed by atoms with Gasteiger partial charge in [-0.2, -0.15) is 0 Å². The molecule has 8 nitrogen and oxygen atoms in total. The summed E-state index contributed by atoms with van der Waals surface area (Å²) in [6.07, 6.45) is 0. The minimum atomic E-state index is -5.08. The Labute approximate surface area is 59.2 Å². The molecule has 0 fully saturated rings. The molecular formula is H10N4O4PPt. The minimum absolute atomic E-state index is 3.78. The Balaban J connectivity index is 4.33. The van der Waals surface area contributed by atoms with Crippen molar-refractivity contribution in [2.24, 2.45) is 17.2 Å².